The van der Waals surface area contributed by atoms with Crippen LogP contribution in [-0.2, 0) is 11.3 Å². The van der Waals surface area contributed by atoms with Crippen molar-refractivity contribution >= 4 is 54.9 Å². The normalized spacial score (nSPS) is 21.1. The van der Waals surface area contributed by atoms with Crippen LogP contribution in [0.4, 0.5) is 4.39 Å². The lowest BCUT2D eigenvalue weighted by molar-refractivity contribution is -0.0639. The van der Waals surface area contributed by atoms with Crippen molar-refractivity contribution in [2.75, 3.05) is 19.7 Å². The van der Waals surface area contributed by atoms with Crippen LogP contribution in [0.1, 0.15) is 70.0 Å². The van der Waals surface area contributed by atoms with Gasteiger partial charge in [0, 0.05) is 22.8 Å². The van der Waals surface area contributed by atoms with E-state index in [0.717, 1.165) is 55.9 Å². The Balaban J connectivity index is 1.12. The molecule has 3 aliphatic rings. The molecule has 3 unspecified atom stereocenters. The molecule has 2 saturated heterocycles. The highest BCUT2D eigenvalue weighted by Gasteiger charge is 2.34. The van der Waals surface area contributed by atoms with Gasteiger partial charge in [-0.05, 0) is 80.2 Å². The average molecular weight is 666 g/mol. The highest BCUT2D eigenvalue weighted by molar-refractivity contribution is 6.49. The third kappa shape index (κ3) is 5.78. The molecule has 1 N–H and O–H groups in total. The Morgan fingerprint density at radius 3 is 2.60 bits per heavy atom. The summed E-state index contributed by atoms with van der Waals surface area (Å²) in [6.45, 7) is 5.17. The Bertz CT molecular complexity index is 1810. The molecule has 0 saturated carbocycles. The van der Waals surface area contributed by atoms with Gasteiger partial charge in [0.2, 0.25) is 0 Å². The molecule has 0 amide bonds. The fraction of sp³-hybridized carbons (Fsp3) is 0.364. The summed E-state index contributed by atoms with van der Waals surface area (Å²) in [5, 5.41) is 10.5. The lowest BCUT2D eigenvalue weighted by Crippen LogP contribution is -2.40. The molecule has 45 heavy (non-hydrogen) atoms. The van der Waals surface area contributed by atoms with Crippen molar-refractivity contribution in [1.82, 2.24) is 19.4 Å². The first-order chi connectivity index (χ1) is 21.8. The fourth-order valence-electron chi connectivity index (χ4n) is 6.60. The molecule has 4 aromatic rings. The van der Waals surface area contributed by atoms with E-state index in [4.69, 9.17) is 37.7 Å². The molecule has 2 radical (unpaired) electrons. The quantitative estimate of drug-likeness (QED) is 0.202. The van der Waals surface area contributed by atoms with Gasteiger partial charge >= 0.3 is 5.97 Å². The number of piperidine rings is 1. The summed E-state index contributed by atoms with van der Waals surface area (Å²) in [5.74, 6) is 0.326. The number of hydrogen-bond donors (Lipinski definition) is 1. The van der Waals surface area contributed by atoms with Crippen LogP contribution in [0, 0.1) is 5.82 Å². The third-order valence-corrected chi connectivity index (χ3v) is 10.8. The first kappa shape index (κ1) is 30.4. The number of carbonyl (C=O) groups is 1. The van der Waals surface area contributed by atoms with Gasteiger partial charge in [0.25, 0.3) is 0 Å². The summed E-state index contributed by atoms with van der Waals surface area (Å²) in [4.78, 5) is 23.6. The molecule has 8 nitrogen and oxygen atoms in total. The maximum atomic E-state index is 14.8. The minimum Gasteiger partial charge on any atom is -0.480 e. The van der Waals surface area contributed by atoms with Crippen LogP contribution >= 0.6 is 23.2 Å². The third-order valence-electron chi connectivity index (χ3n) is 9.00. The molecule has 3 atom stereocenters. The summed E-state index contributed by atoms with van der Waals surface area (Å²) < 4.78 is 29.3. The Morgan fingerprint density at radius 1 is 1.11 bits per heavy atom. The molecule has 2 aromatic carbocycles. The van der Waals surface area contributed by atoms with Gasteiger partial charge in [0.05, 0.1) is 32.9 Å². The summed E-state index contributed by atoms with van der Waals surface area (Å²) in [5.41, 5.74) is 3.62. The highest BCUT2D eigenvalue weighted by Crippen LogP contribution is 2.46. The number of ether oxygens (including phenoxy) is 2. The number of hydrogen-bond acceptors (Lipinski definition) is 6. The molecule has 0 spiro atoms. The van der Waals surface area contributed by atoms with Crippen LogP contribution in [0.25, 0.3) is 16.2 Å². The number of halogens is 3. The van der Waals surface area contributed by atoms with Gasteiger partial charge in [0.1, 0.15) is 29.0 Å². The second-order valence-corrected chi connectivity index (χ2v) is 13.7. The number of para-hydroxylation sites is 1. The number of aromatic nitrogens is 3. The van der Waals surface area contributed by atoms with E-state index in [-0.39, 0.29) is 23.4 Å². The summed E-state index contributed by atoms with van der Waals surface area (Å²) in [6.07, 6.45) is 3.91. The van der Waals surface area contributed by atoms with Crippen molar-refractivity contribution in [2.45, 2.75) is 56.1 Å². The molecule has 0 bridgehead atoms. The number of aromatic carboxylic acids is 1. The number of benzene rings is 2. The van der Waals surface area contributed by atoms with E-state index in [2.05, 4.69) is 27.1 Å². The second kappa shape index (κ2) is 12.5. The molecule has 2 aromatic heterocycles. The Hall–Kier alpha value is -3.28. The van der Waals surface area contributed by atoms with Crippen LogP contribution in [0.15, 0.2) is 54.6 Å². The maximum absolute atomic E-state index is 14.8. The average Bonchev–Trinajstić information content (AvgIpc) is 3.35. The molecule has 5 heterocycles. The van der Waals surface area contributed by atoms with Crippen molar-refractivity contribution < 1.29 is 23.8 Å². The highest BCUT2D eigenvalue weighted by atomic mass is 35.5. The maximum Gasteiger partial charge on any atom is 0.354 e. The number of imidazole rings is 1. The minimum atomic E-state index is -1.06. The second-order valence-electron chi connectivity index (χ2n) is 11.7. The first-order valence-corrected chi connectivity index (χ1v) is 17.4. The van der Waals surface area contributed by atoms with Crippen LogP contribution < -0.4 is 4.74 Å². The van der Waals surface area contributed by atoms with Crippen molar-refractivity contribution in [3.63, 3.8) is 0 Å². The Labute approximate surface area is 272 Å². The number of fused-ring (bicyclic) bond motifs is 2. The summed E-state index contributed by atoms with van der Waals surface area (Å²) >= 11 is 12.7. The van der Waals surface area contributed by atoms with Crippen LogP contribution in [0.5, 0.6) is 5.75 Å². The lowest BCUT2D eigenvalue weighted by Gasteiger charge is -2.36. The zero-order valence-electron chi connectivity index (χ0n) is 24.6. The number of pyridine rings is 1. The van der Waals surface area contributed by atoms with Crippen molar-refractivity contribution in [2.24, 2.45) is 0 Å². The minimum absolute atomic E-state index is 0.00753. The number of nitrogens with zero attached hydrogens (tertiary/aromatic N) is 4. The molecular formula is C33H31Cl2FN4O4Si. The molecular weight excluding hydrogens is 634 g/mol. The SMILES string of the molecule is C[Si]C(C1CCO1)n1c(CN2CCC(c3cccc4c3OC(c3ccc(Cl)cc3F)C=C4Cl)CC2)nc2ccc(C(=O)O)nc21. The van der Waals surface area contributed by atoms with Gasteiger partial charge in [-0.25, -0.2) is 19.2 Å². The number of carboxylic acids is 1. The van der Waals surface area contributed by atoms with Crippen LogP contribution in [0.2, 0.25) is 11.6 Å². The standard InChI is InChI=1S/C33H31Cl2FN4O4Si/c1-45-32(27-11-14-43-27)40-29(37-25-7-8-26(33(41)42)38-31(25)40)17-39-12-9-18(10-13-39)20-3-2-4-21-23(35)16-28(44-30(20)21)22-6-5-19(34)15-24(22)36/h2-8,15-16,18,27-28,32H,9-14,17H2,1H3,(H,41,42). The van der Waals surface area contributed by atoms with Crippen LogP contribution in [0.3, 0.4) is 0 Å². The van der Waals surface area contributed by atoms with Crippen molar-refractivity contribution in [3.8, 4) is 5.75 Å². The number of carboxylic acid groups (broad SMARTS) is 1. The van der Waals surface area contributed by atoms with Gasteiger partial charge in [0.15, 0.2) is 11.3 Å². The van der Waals surface area contributed by atoms with E-state index >= 15 is 0 Å². The van der Waals surface area contributed by atoms with Gasteiger partial charge < -0.3 is 19.1 Å². The number of rotatable bonds is 8. The smallest absolute Gasteiger partial charge is 0.354 e. The Kier molecular flexibility index (Phi) is 8.43. The van der Waals surface area contributed by atoms with Gasteiger partial charge in [-0.1, -0.05) is 47.9 Å². The zero-order valence-corrected chi connectivity index (χ0v) is 27.1. The molecule has 2 fully saturated rings. The van der Waals surface area contributed by atoms with Gasteiger partial charge in [-0.2, -0.15) is 0 Å². The van der Waals surface area contributed by atoms with E-state index in [0.29, 0.717) is 48.6 Å². The summed E-state index contributed by atoms with van der Waals surface area (Å²) in [6, 6.07) is 13.9. The lowest BCUT2D eigenvalue weighted by atomic mass is 9.87. The van der Waals surface area contributed by atoms with E-state index < -0.39 is 17.9 Å². The van der Waals surface area contributed by atoms with Crippen molar-refractivity contribution in [3.05, 3.63) is 93.7 Å². The van der Waals surface area contributed by atoms with Gasteiger partial charge in [-0.15, -0.1) is 0 Å². The van der Waals surface area contributed by atoms with Crippen LogP contribution in [-0.4, -0.2) is 65.8 Å². The Morgan fingerprint density at radius 2 is 1.91 bits per heavy atom. The topological polar surface area (TPSA) is 89.7 Å². The molecule has 12 heteroatoms. The van der Waals surface area contributed by atoms with E-state index in [1.807, 2.05) is 12.1 Å². The predicted molar refractivity (Wildman–Crippen MR) is 172 cm³/mol. The largest absolute Gasteiger partial charge is 0.480 e. The molecule has 7 rings (SSSR count). The fourth-order valence-corrected chi connectivity index (χ4v) is 8.18. The summed E-state index contributed by atoms with van der Waals surface area (Å²) in [7, 11) is 0.541. The monoisotopic (exact) mass is 664 g/mol. The number of likely N-dealkylation sites (tertiary alicyclic amines) is 1. The molecule has 3 aliphatic heterocycles. The first-order valence-electron chi connectivity index (χ1n) is 15.0. The van der Waals surface area contributed by atoms with Crippen molar-refractivity contribution in [1.29, 1.82) is 0 Å². The van der Waals surface area contributed by atoms with E-state index in [1.54, 1.807) is 24.3 Å². The zero-order chi connectivity index (χ0) is 31.2. The van der Waals surface area contributed by atoms with Gasteiger partial charge in [-0.3, -0.25) is 4.90 Å². The molecule has 232 valence electrons. The molecule has 0 aliphatic carbocycles. The predicted octanol–water partition coefficient (Wildman–Crippen LogP) is 7.05. The van der Waals surface area contributed by atoms with E-state index in [9.17, 15) is 14.3 Å². The van der Waals surface area contributed by atoms with E-state index in [1.165, 1.54) is 12.1 Å².